The van der Waals surface area contributed by atoms with E-state index in [1.54, 1.807) is 12.1 Å². The third kappa shape index (κ3) is 2.66. The average Bonchev–Trinajstić information content (AvgIpc) is 2.93. The maximum Gasteiger partial charge on any atom is 0.227 e. The summed E-state index contributed by atoms with van der Waals surface area (Å²) in [5, 5.41) is 2.88. The number of hydrogen-bond donors (Lipinski definition) is 1. The van der Waals surface area contributed by atoms with Gasteiger partial charge in [-0.1, -0.05) is 0 Å². The Morgan fingerprint density at radius 1 is 1.29 bits per heavy atom. The van der Waals surface area contributed by atoms with Crippen LogP contribution < -0.4 is 5.32 Å². The normalized spacial score (nSPS) is 16.8. The highest BCUT2D eigenvalue weighted by Gasteiger charge is 2.28. The molecule has 1 aliphatic carbocycles. The van der Waals surface area contributed by atoms with Crippen LogP contribution in [0.1, 0.15) is 23.4 Å². The third-order valence-electron chi connectivity index (χ3n) is 4.62. The molecule has 1 aliphatic rings. The van der Waals surface area contributed by atoms with Crippen molar-refractivity contribution in [3.05, 3.63) is 65.4 Å². The Morgan fingerprint density at radius 3 is 2.88 bits per heavy atom. The number of hydrogen-bond acceptors (Lipinski definition) is 2. The van der Waals surface area contributed by atoms with Crippen LogP contribution in [-0.2, 0) is 17.6 Å². The van der Waals surface area contributed by atoms with Crippen LogP contribution in [0.5, 0.6) is 0 Å². The van der Waals surface area contributed by atoms with Crippen LogP contribution in [0.25, 0.3) is 5.65 Å². The smallest absolute Gasteiger partial charge is 0.227 e. The summed E-state index contributed by atoms with van der Waals surface area (Å²) in [6, 6.07) is 9.98. The molecule has 1 atom stereocenters. The summed E-state index contributed by atoms with van der Waals surface area (Å²) in [6.07, 6.45) is 4.28. The Kier molecular flexibility index (Phi) is 3.56. The molecule has 24 heavy (non-hydrogen) atoms. The van der Waals surface area contributed by atoms with Crippen molar-refractivity contribution in [1.82, 2.24) is 9.38 Å². The monoisotopic (exact) mass is 323 g/mol. The summed E-state index contributed by atoms with van der Waals surface area (Å²) < 4.78 is 15.0. The molecular formula is C19H18FN3O. The van der Waals surface area contributed by atoms with Crippen LogP contribution in [0.3, 0.4) is 0 Å². The first kappa shape index (κ1) is 14.9. The number of rotatable bonds is 2. The number of aryl methyl sites for hydroxylation is 2. The molecule has 1 aromatic carbocycles. The van der Waals surface area contributed by atoms with E-state index in [1.165, 1.54) is 17.7 Å². The molecule has 122 valence electrons. The van der Waals surface area contributed by atoms with Crippen LogP contribution in [-0.4, -0.2) is 15.3 Å². The Bertz CT molecular complexity index is 914. The minimum atomic E-state index is -0.309. The van der Waals surface area contributed by atoms with Crippen molar-refractivity contribution in [2.24, 2.45) is 5.92 Å². The number of nitrogens with zero attached hydrogens (tertiary/aromatic N) is 2. The van der Waals surface area contributed by atoms with E-state index >= 15 is 0 Å². The summed E-state index contributed by atoms with van der Waals surface area (Å²) in [4.78, 5) is 17.2. The highest BCUT2D eigenvalue weighted by atomic mass is 19.1. The van der Waals surface area contributed by atoms with Gasteiger partial charge in [-0.25, -0.2) is 9.37 Å². The van der Waals surface area contributed by atoms with Crippen molar-refractivity contribution in [2.45, 2.75) is 26.2 Å². The van der Waals surface area contributed by atoms with E-state index in [1.807, 2.05) is 13.1 Å². The van der Waals surface area contributed by atoms with Gasteiger partial charge in [0.2, 0.25) is 5.91 Å². The number of benzene rings is 1. The summed E-state index contributed by atoms with van der Waals surface area (Å²) in [6.45, 7) is 2.05. The molecule has 0 saturated carbocycles. The zero-order chi connectivity index (χ0) is 16.7. The number of nitrogens with one attached hydrogen (secondary N) is 1. The number of anilines is 1. The third-order valence-corrected chi connectivity index (χ3v) is 4.62. The summed E-state index contributed by atoms with van der Waals surface area (Å²) >= 11 is 0. The van der Waals surface area contributed by atoms with Gasteiger partial charge in [-0.2, -0.15) is 0 Å². The first-order chi connectivity index (χ1) is 11.6. The van der Waals surface area contributed by atoms with Gasteiger partial charge < -0.3 is 9.72 Å². The van der Waals surface area contributed by atoms with E-state index in [2.05, 4.69) is 21.9 Å². The van der Waals surface area contributed by atoms with E-state index in [9.17, 15) is 9.18 Å². The Hall–Kier alpha value is -2.69. The number of fused-ring (bicyclic) bond motifs is 3. The van der Waals surface area contributed by atoms with Crippen molar-refractivity contribution in [3.63, 3.8) is 0 Å². The van der Waals surface area contributed by atoms with Crippen molar-refractivity contribution in [2.75, 3.05) is 5.32 Å². The van der Waals surface area contributed by atoms with E-state index in [-0.39, 0.29) is 17.6 Å². The molecule has 0 bridgehead atoms. The van der Waals surface area contributed by atoms with Crippen LogP contribution in [0, 0.1) is 18.7 Å². The molecule has 1 unspecified atom stereocenters. The second kappa shape index (κ2) is 5.74. The number of aromatic nitrogens is 2. The molecule has 0 saturated heterocycles. The average molecular weight is 323 g/mol. The van der Waals surface area contributed by atoms with Gasteiger partial charge in [-0.3, -0.25) is 4.79 Å². The Morgan fingerprint density at radius 2 is 2.08 bits per heavy atom. The highest BCUT2D eigenvalue weighted by molar-refractivity contribution is 5.92. The standard InChI is InChI=1S/C19H18FN3O/c1-12-8-9-23-17-11-13(2-7-16(17)22-18(23)10-12)19(24)21-15-5-3-14(20)4-6-15/h3-6,8-10,13H,2,7,11H2,1H3,(H,21,24). The summed E-state index contributed by atoms with van der Waals surface area (Å²) in [7, 11) is 0. The van der Waals surface area contributed by atoms with Crippen LogP contribution in [0.15, 0.2) is 42.6 Å². The predicted molar refractivity (Wildman–Crippen MR) is 90.5 cm³/mol. The van der Waals surface area contributed by atoms with Gasteiger partial charge in [0, 0.05) is 29.9 Å². The lowest BCUT2D eigenvalue weighted by Gasteiger charge is -2.21. The molecule has 4 rings (SSSR count). The minimum absolute atomic E-state index is 0.0191. The van der Waals surface area contributed by atoms with Gasteiger partial charge in [0.05, 0.1) is 5.69 Å². The zero-order valence-electron chi connectivity index (χ0n) is 13.4. The summed E-state index contributed by atoms with van der Waals surface area (Å²) in [5.74, 6) is -0.422. The van der Waals surface area contributed by atoms with Crippen LogP contribution in [0.4, 0.5) is 10.1 Å². The number of imidazole rings is 1. The number of carbonyl (C=O) groups is 1. The van der Waals surface area contributed by atoms with Crippen molar-refractivity contribution >= 4 is 17.2 Å². The molecule has 3 aromatic rings. The van der Waals surface area contributed by atoms with Crippen LogP contribution >= 0.6 is 0 Å². The quantitative estimate of drug-likeness (QED) is 0.784. The van der Waals surface area contributed by atoms with Crippen molar-refractivity contribution < 1.29 is 9.18 Å². The second-order valence-electron chi connectivity index (χ2n) is 6.37. The Balaban J connectivity index is 1.56. The molecule has 0 aliphatic heterocycles. The molecule has 1 N–H and O–H groups in total. The number of pyridine rings is 1. The SMILES string of the molecule is Cc1ccn2c3c(nc2c1)CCC(C(=O)Nc1ccc(F)cc1)C3. The lowest BCUT2D eigenvalue weighted by Crippen LogP contribution is -2.28. The molecule has 1 amide bonds. The fraction of sp³-hybridized carbons (Fsp3) is 0.263. The second-order valence-corrected chi connectivity index (χ2v) is 6.37. The van der Waals surface area contributed by atoms with Gasteiger partial charge in [-0.05, 0) is 61.7 Å². The lowest BCUT2D eigenvalue weighted by molar-refractivity contribution is -0.120. The predicted octanol–water partition coefficient (Wildman–Crippen LogP) is 3.53. The van der Waals surface area contributed by atoms with E-state index in [0.29, 0.717) is 12.1 Å². The molecule has 0 spiro atoms. The van der Waals surface area contributed by atoms with Gasteiger partial charge in [0.1, 0.15) is 11.5 Å². The number of amides is 1. The van der Waals surface area contributed by atoms with Gasteiger partial charge in [0.15, 0.2) is 0 Å². The fourth-order valence-corrected chi connectivity index (χ4v) is 3.31. The first-order valence-electron chi connectivity index (χ1n) is 8.13. The molecule has 2 aromatic heterocycles. The number of halogens is 1. The molecular weight excluding hydrogens is 305 g/mol. The zero-order valence-corrected chi connectivity index (χ0v) is 13.4. The molecule has 0 radical (unpaired) electrons. The maximum absolute atomic E-state index is 13.0. The maximum atomic E-state index is 13.0. The van der Waals surface area contributed by atoms with Crippen LogP contribution in [0.2, 0.25) is 0 Å². The Labute approximate surface area is 139 Å². The summed E-state index contributed by atoms with van der Waals surface area (Å²) in [5.41, 5.74) is 4.96. The van der Waals surface area contributed by atoms with Gasteiger partial charge in [-0.15, -0.1) is 0 Å². The van der Waals surface area contributed by atoms with Crippen molar-refractivity contribution in [1.29, 1.82) is 0 Å². The number of carbonyl (C=O) groups excluding carboxylic acids is 1. The first-order valence-corrected chi connectivity index (χ1v) is 8.13. The van der Waals surface area contributed by atoms with E-state index in [0.717, 1.165) is 29.9 Å². The van der Waals surface area contributed by atoms with Crippen molar-refractivity contribution in [3.8, 4) is 0 Å². The van der Waals surface area contributed by atoms with E-state index in [4.69, 9.17) is 4.98 Å². The molecule has 4 nitrogen and oxygen atoms in total. The molecule has 0 fully saturated rings. The van der Waals surface area contributed by atoms with Gasteiger partial charge in [0.25, 0.3) is 0 Å². The topological polar surface area (TPSA) is 46.4 Å². The largest absolute Gasteiger partial charge is 0.326 e. The fourth-order valence-electron chi connectivity index (χ4n) is 3.31. The minimum Gasteiger partial charge on any atom is -0.326 e. The molecule has 5 heteroatoms. The highest BCUT2D eigenvalue weighted by Crippen LogP contribution is 2.27. The van der Waals surface area contributed by atoms with Gasteiger partial charge >= 0.3 is 0 Å². The molecule has 2 heterocycles. The lowest BCUT2D eigenvalue weighted by atomic mass is 9.89. The van der Waals surface area contributed by atoms with E-state index < -0.39 is 0 Å².